The van der Waals surface area contributed by atoms with Gasteiger partial charge in [0.15, 0.2) is 0 Å². The van der Waals surface area contributed by atoms with Crippen molar-refractivity contribution in [3.8, 4) is 5.69 Å². The Kier molecular flexibility index (Phi) is 4.85. The first kappa shape index (κ1) is 17.2. The largest absolute Gasteiger partial charge is 0.477 e. The number of aryl methyl sites for hydroxylation is 1. The molecule has 1 aromatic heterocycles. The number of hydrogen-bond acceptors (Lipinski definition) is 4. The predicted molar refractivity (Wildman–Crippen MR) is 93.5 cm³/mol. The van der Waals surface area contributed by atoms with Crippen LogP contribution in [0.25, 0.3) is 5.69 Å². The molecule has 25 heavy (non-hydrogen) atoms. The Morgan fingerprint density at radius 1 is 1.20 bits per heavy atom. The molecule has 2 N–H and O–H groups in total. The average Bonchev–Trinajstić information content (AvgIpc) is 3.10. The van der Waals surface area contributed by atoms with Gasteiger partial charge >= 0.3 is 11.7 Å². The van der Waals surface area contributed by atoms with Crippen LogP contribution >= 0.6 is 0 Å². The van der Waals surface area contributed by atoms with E-state index in [1.54, 1.807) is 12.1 Å². The molecule has 0 bridgehead atoms. The molecule has 0 spiro atoms. The van der Waals surface area contributed by atoms with Crippen molar-refractivity contribution in [2.24, 2.45) is 0 Å². The van der Waals surface area contributed by atoms with Crippen LogP contribution in [0, 0.1) is 0 Å². The van der Waals surface area contributed by atoms with Gasteiger partial charge in [-0.2, -0.15) is 0 Å². The number of hydrogen-bond donors (Lipinski definition) is 2. The van der Waals surface area contributed by atoms with Gasteiger partial charge in [-0.3, -0.25) is 9.69 Å². The van der Waals surface area contributed by atoms with Crippen LogP contribution in [0.4, 0.5) is 0 Å². The highest BCUT2D eigenvalue weighted by Gasteiger charge is 2.23. The molecule has 0 saturated carbocycles. The van der Waals surface area contributed by atoms with Gasteiger partial charge in [-0.15, -0.1) is 0 Å². The summed E-state index contributed by atoms with van der Waals surface area (Å²) in [7, 11) is 0. The molecule has 1 saturated heterocycles. The van der Waals surface area contributed by atoms with E-state index in [9.17, 15) is 19.5 Å². The molecule has 0 unspecified atom stereocenters. The summed E-state index contributed by atoms with van der Waals surface area (Å²) in [6.07, 6.45) is 2.71. The molecule has 0 amide bonds. The molecule has 2 heterocycles. The summed E-state index contributed by atoms with van der Waals surface area (Å²) in [6, 6.07) is 7.16. The van der Waals surface area contributed by atoms with Crippen LogP contribution < -0.4 is 11.2 Å². The summed E-state index contributed by atoms with van der Waals surface area (Å²) >= 11 is 0. The monoisotopic (exact) mass is 343 g/mol. The van der Waals surface area contributed by atoms with Gasteiger partial charge in [0.25, 0.3) is 5.56 Å². The van der Waals surface area contributed by atoms with Gasteiger partial charge in [-0.1, -0.05) is 25.1 Å². The van der Waals surface area contributed by atoms with Crippen LogP contribution in [0.1, 0.15) is 41.4 Å². The lowest BCUT2D eigenvalue weighted by molar-refractivity contribution is 0.0687. The molecule has 3 rings (SSSR count). The fourth-order valence-electron chi connectivity index (χ4n) is 3.31. The summed E-state index contributed by atoms with van der Waals surface area (Å²) in [4.78, 5) is 41.4. The van der Waals surface area contributed by atoms with Crippen LogP contribution in [0.5, 0.6) is 0 Å². The molecular formula is C18H21N3O4. The van der Waals surface area contributed by atoms with E-state index in [1.165, 1.54) is 0 Å². The SMILES string of the molecule is CCc1ccccc1-n1c(=O)[nH]c(C(=O)O)c(CN2CCCC2)c1=O. The molecule has 1 aliphatic heterocycles. The number of H-pyrrole nitrogens is 1. The minimum absolute atomic E-state index is 0.125. The highest BCUT2D eigenvalue weighted by atomic mass is 16.4. The molecule has 132 valence electrons. The minimum Gasteiger partial charge on any atom is -0.477 e. The lowest BCUT2D eigenvalue weighted by Crippen LogP contribution is -2.40. The Hall–Kier alpha value is -2.67. The van der Waals surface area contributed by atoms with E-state index in [-0.39, 0.29) is 17.8 Å². The van der Waals surface area contributed by atoms with Crippen molar-refractivity contribution in [1.82, 2.24) is 14.5 Å². The number of aromatic carboxylic acids is 1. The Labute approximate surface area is 144 Å². The van der Waals surface area contributed by atoms with E-state index in [0.29, 0.717) is 12.1 Å². The molecule has 0 radical (unpaired) electrons. The van der Waals surface area contributed by atoms with Gasteiger partial charge in [0, 0.05) is 6.54 Å². The minimum atomic E-state index is -1.29. The quantitative estimate of drug-likeness (QED) is 0.855. The molecule has 7 heteroatoms. The maximum absolute atomic E-state index is 13.0. The van der Waals surface area contributed by atoms with Crippen molar-refractivity contribution in [2.75, 3.05) is 13.1 Å². The summed E-state index contributed by atoms with van der Waals surface area (Å²) in [5.74, 6) is -1.29. The maximum Gasteiger partial charge on any atom is 0.352 e. The van der Waals surface area contributed by atoms with Crippen LogP contribution in [0.3, 0.4) is 0 Å². The third-order valence-corrected chi connectivity index (χ3v) is 4.61. The molecule has 1 fully saturated rings. The molecule has 2 aromatic rings. The Balaban J connectivity index is 2.21. The normalized spacial score (nSPS) is 14.8. The van der Waals surface area contributed by atoms with E-state index in [4.69, 9.17) is 0 Å². The van der Waals surface area contributed by atoms with Gasteiger partial charge in [0.1, 0.15) is 5.69 Å². The topological polar surface area (TPSA) is 95.4 Å². The van der Waals surface area contributed by atoms with Crippen molar-refractivity contribution >= 4 is 5.97 Å². The summed E-state index contributed by atoms with van der Waals surface area (Å²) < 4.78 is 1.05. The lowest BCUT2D eigenvalue weighted by atomic mass is 10.1. The maximum atomic E-state index is 13.0. The zero-order chi connectivity index (χ0) is 18.0. The van der Waals surface area contributed by atoms with Gasteiger partial charge in [-0.25, -0.2) is 14.2 Å². The second-order valence-electron chi connectivity index (χ2n) is 6.19. The number of rotatable bonds is 5. The van der Waals surface area contributed by atoms with Gasteiger partial charge < -0.3 is 10.1 Å². The molecule has 1 aliphatic rings. The van der Waals surface area contributed by atoms with E-state index in [2.05, 4.69) is 4.98 Å². The fraction of sp³-hybridized carbons (Fsp3) is 0.389. The number of nitrogens with one attached hydrogen (secondary N) is 1. The van der Waals surface area contributed by atoms with Crippen LogP contribution in [0.2, 0.25) is 0 Å². The van der Waals surface area contributed by atoms with Crippen molar-refractivity contribution in [1.29, 1.82) is 0 Å². The molecular weight excluding hydrogens is 322 g/mol. The standard InChI is InChI=1S/C18H21N3O4/c1-2-12-7-3-4-8-14(12)21-16(22)13(11-20-9-5-6-10-20)15(17(23)24)19-18(21)25/h3-4,7-8H,2,5-6,9-11H2,1H3,(H,19,25)(H,23,24). The highest BCUT2D eigenvalue weighted by molar-refractivity contribution is 5.86. The van der Waals surface area contributed by atoms with E-state index < -0.39 is 17.2 Å². The predicted octanol–water partition coefficient (Wildman–Crippen LogP) is 1.38. The van der Waals surface area contributed by atoms with E-state index in [0.717, 1.165) is 36.1 Å². The van der Waals surface area contributed by atoms with Crippen LogP contribution in [0.15, 0.2) is 33.9 Å². The van der Waals surface area contributed by atoms with Crippen molar-refractivity contribution in [3.05, 3.63) is 61.9 Å². The number of likely N-dealkylation sites (tertiary alicyclic amines) is 1. The van der Waals surface area contributed by atoms with Gasteiger partial charge in [0.2, 0.25) is 0 Å². The van der Waals surface area contributed by atoms with Gasteiger partial charge in [0.05, 0.1) is 11.3 Å². The molecule has 0 atom stereocenters. The zero-order valence-electron chi connectivity index (χ0n) is 14.1. The van der Waals surface area contributed by atoms with Crippen LogP contribution in [-0.2, 0) is 13.0 Å². The number of aromatic nitrogens is 2. The smallest absolute Gasteiger partial charge is 0.352 e. The van der Waals surface area contributed by atoms with Crippen molar-refractivity contribution < 1.29 is 9.90 Å². The third kappa shape index (κ3) is 3.28. The number of carboxylic acids is 1. The summed E-state index contributed by atoms with van der Waals surface area (Å²) in [5.41, 5.74) is -0.129. The average molecular weight is 343 g/mol. The second-order valence-corrected chi connectivity index (χ2v) is 6.19. The first-order valence-electron chi connectivity index (χ1n) is 8.45. The third-order valence-electron chi connectivity index (χ3n) is 4.61. The highest BCUT2D eigenvalue weighted by Crippen LogP contribution is 2.15. The number of nitrogens with zero attached hydrogens (tertiary/aromatic N) is 2. The lowest BCUT2D eigenvalue weighted by Gasteiger charge is -2.17. The zero-order valence-corrected chi connectivity index (χ0v) is 14.1. The number of benzene rings is 1. The Morgan fingerprint density at radius 2 is 1.88 bits per heavy atom. The van der Waals surface area contributed by atoms with Crippen LogP contribution in [-0.4, -0.2) is 38.6 Å². The second kappa shape index (κ2) is 7.06. The number of para-hydroxylation sites is 1. The van der Waals surface area contributed by atoms with Crippen molar-refractivity contribution in [2.45, 2.75) is 32.7 Å². The van der Waals surface area contributed by atoms with E-state index in [1.807, 2.05) is 24.0 Å². The number of carbonyl (C=O) groups is 1. The van der Waals surface area contributed by atoms with E-state index >= 15 is 0 Å². The first-order chi connectivity index (χ1) is 12.0. The number of carboxylic acid groups (broad SMARTS) is 1. The Bertz CT molecular complexity index is 907. The Morgan fingerprint density at radius 3 is 2.52 bits per heavy atom. The molecule has 1 aromatic carbocycles. The van der Waals surface area contributed by atoms with Gasteiger partial charge in [-0.05, 0) is 44.0 Å². The fourth-order valence-corrected chi connectivity index (χ4v) is 3.31. The summed E-state index contributed by atoms with van der Waals surface area (Å²) in [6.45, 7) is 3.81. The molecule has 0 aliphatic carbocycles. The number of aromatic amines is 1. The first-order valence-corrected chi connectivity index (χ1v) is 8.45. The van der Waals surface area contributed by atoms with Crippen molar-refractivity contribution in [3.63, 3.8) is 0 Å². The molecule has 7 nitrogen and oxygen atoms in total. The summed E-state index contributed by atoms with van der Waals surface area (Å²) in [5, 5.41) is 9.41.